The maximum atomic E-state index is 6.73. The topological polar surface area (TPSA) is 18.5 Å². The molecule has 3 nitrogen and oxygen atoms in total. The highest BCUT2D eigenvalue weighted by atomic mass is 35.5. The molecule has 0 rings (SSSR count). The van der Waals surface area contributed by atoms with Crippen LogP contribution in [0.1, 0.15) is 194 Å². The first-order valence-corrected chi connectivity index (χ1v) is 20.8. The van der Waals surface area contributed by atoms with Gasteiger partial charge < -0.3 is 14.0 Å². The van der Waals surface area contributed by atoms with Crippen LogP contribution in [0.25, 0.3) is 0 Å². The van der Waals surface area contributed by atoms with E-state index < -0.39 is 0 Å². The molecule has 0 aromatic carbocycles. The van der Waals surface area contributed by atoms with Crippen molar-refractivity contribution in [3.63, 3.8) is 0 Å². The zero-order chi connectivity index (χ0) is 33.8. The van der Waals surface area contributed by atoms with Crippen LogP contribution in [-0.2, 0) is 9.47 Å². The largest absolute Gasteiger partial charge is 0.368 e. The molecule has 0 aliphatic heterocycles. The van der Waals surface area contributed by atoms with Crippen LogP contribution in [-0.4, -0.2) is 57.1 Å². The van der Waals surface area contributed by atoms with Gasteiger partial charge in [0.05, 0.1) is 21.1 Å². The third-order valence-electron chi connectivity index (χ3n) is 8.94. The van der Waals surface area contributed by atoms with Crippen molar-refractivity contribution in [3.05, 3.63) is 24.3 Å². The lowest BCUT2D eigenvalue weighted by Crippen LogP contribution is -2.46. The van der Waals surface area contributed by atoms with Gasteiger partial charge in [-0.2, -0.15) is 0 Å². The second kappa shape index (κ2) is 35.9. The minimum atomic E-state index is -0.366. The van der Waals surface area contributed by atoms with Crippen molar-refractivity contribution in [1.82, 2.24) is 0 Å². The third kappa shape index (κ3) is 36.5. The van der Waals surface area contributed by atoms with Gasteiger partial charge in [-0.15, -0.1) is 0 Å². The first-order valence-electron chi connectivity index (χ1n) is 20.4. The molecule has 0 radical (unpaired) electrons. The van der Waals surface area contributed by atoms with Crippen LogP contribution in [0, 0.1) is 0 Å². The quantitative estimate of drug-likeness (QED) is 0.0284. The lowest BCUT2D eigenvalue weighted by Gasteiger charge is -2.31. The fourth-order valence-electron chi connectivity index (χ4n) is 5.99. The highest BCUT2D eigenvalue weighted by Crippen LogP contribution is 2.16. The van der Waals surface area contributed by atoms with Crippen molar-refractivity contribution in [3.8, 4) is 0 Å². The molecule has 0 aromatic rings. The Balaban J connectivity index is 3.76. The Bertz CT molecular complexity index is 644. The summed E-state index contributed by atoms with van der Waals surface area (Å²) in [5.74, 6) is 0. The summed E-state index contributed by atoms with van der Waals surface area (Å²) in [6.45, 7) is 6.96. The molecule has 0 saturated carbocycles. The van der Waals surface area contributed by atoms with Crippen molar-refractivity contribution in [2.45, 2.75) is 205 Å². The minimum Gasteiger partial charge on any atom is -0.368 e. The Morgan fingerprint density at radius 3 is 1.09 bits per heavy atom. The third-order valence-corrected chi connectivity index (χ3v) is 9.35. The van der Waals surface area contributed by atoms with Crippen LogP contribution in [0.2, 0.25) is 0 Å². The van der Waals surface area contributed by atoms with Crippen LogP contribution in [0.5, 0.6) is 0 Å². The fraction of sp³-hybridized carbons (Fsp3) is 0.905. The van der Waals surface area contributed by atoms with E-state index in [4.69, 9.17) is 21.1 Å². The van der Waals surface area contributed by atoms with Gasteiger partial charge in [-0.05, 0) is 64.2 Å². The van der Waals surface area contributed by atoms with E-state index in [9.17, 15) is 0 Å². The molecule has 2 unspecified atom stereocenters. The van der Waals surface area contributed by atoms with E-state index in [-0.39, 0.29) is 11.7 Å². The lowest BCUT2D eigenvalue weighted by atomic mass is 10.1. The molecule has 0 spiro atoms. The molecular weight excluding hydrogens is 586 g/mol. The van der Waals surface area contributed by atoms with Gasteiger partial charge in [0.2, 0.25) is 0 Å². The molecule has 274 valence electrons. The smallest absolute Gasteiger partial charge is 0.162 e. The van der Waals surface area contributed by atoms with E-state index in [0.29, 0.717) is 0 Å². The lowest BCUT2D eigenvalue weighted by molar-refractivity contribution is -0.874. The van der Waals surface area contributed by atoms with Gasteiger partial charge in [-0.3, -0.25) is 0 Å². The molecule has 0 aromatic heterocycles. The predicted octanol–water partition coefficient (Wildman–Crippen LogP) is 13.7. The van der Waals surface area contributed by atoms with E-state index in [1.807, 2.05) is 0 Å². The average molecular weight is 670 g/mol. The summed E-state index contributed by atoms with van der Waals surface area (Å²) in [7, 11) is 6.61. The van der Waals surface area contributed by atoms with Gasteiger partial charge in [0.15, 0.2) is 5.56 Å². The van der Waals surface area contributed by atoms with Gasteiger partial charge in [-0.1, -0.05) is 165 Å². The highest BCUT2D eigenvalue weighted by Gasteiger charge is 2.27. The van der Waals surface area contributed by atoms with Crippen molar-refractivity contribution in [2.24, 2.45) is 0 Å². The molecule has 0 aliphatic rings. The number of hydrogen-bond acceptors (Lipinski definition) is 2. The Morgan fingerprint density at radius 1 is 0.435 bits per heavy atom. The van der Waals surface area contributed by atoms with E-state index in [2.05, 4.69) is 59.3 Å². The Labute approximate surface area is 295 Å². The second-order valence-corrected chi connectivity index (χ2v) is 15.4. The number of ether oxygens (including phenoxy) is 2. The standard InChI is InChI=1S/C42H83ClNO2/c1-6-8-10-12-14-16-18-20-22-24-26-28-30-32-34-36-38-45-41(40-44(3,4)5)42(43)46-39-37-35-33-31-29-27-25-23-21-19-17-15-13-11-9-7-2/h20-23,41-42H,6-19,24-40H2,1-5H3/q+1/b22-20-,23-21-. The number of halogens is 1. The first kappa shape index (κ1) is 45.6. The number of hydrogen-bond donors (Lipinski definition) is 0. The molecule has 4 heteroatoms. The number of allylic oxidation sites excluding steroid dienone is 4. The Morgan fingerprint density at radius 2 is 0.739 bits per heavy atom. The van der Waals surface area contributed by atoms with Crippen LogP contribution in [0.4, 0.5) is 0 Å². The zero-order valence-electron chi connectivity index (χ0n) is 32.0. The van der Waals surface area contributed by atoms with Gasteiger partial charge >= 0.3 is 0 Å². The fourth-order valence-corrected chi connectivity index (χ4v) is 6.23. The summed E-state index contributed by atoms with van der Waals surface area (Å²) in [5.41, 5.74) is -0.366. The first-order chi connectivity index (χ1) is 22.4. The van der Waals surface area contributed by atoms with Gasteiger partial charge in [0, 0.05) is 13.2 Å². The Kier molecular flexibility index (Phi) is 35.7. The minimum absolute atomic E-state index is 0.0566. The normalized spacial score (nSPS) is 13.8. The highest BCUT2D eigenvalue weighted by molar-refractivity contribution is 6.20. The molecule has 2 atom stereocenters. The number of rotatable bonds is 37. The van der Waals surface area contributed by atoms with Crippen molar-refractivity contribution in [1.29, 1.82) is 0 Å². The van der Waals surface area contributed by atoms with Crippen LogP contribution in [0.15, 0.2) is 24.3 Å². The molecule has 0 N–H and O–H groups in total. The molecule has 0 heterocycles. The summed E-state index contributed by atoms with van der Waals surface area (Å²) in [6, 6.07) is 0. The average Bonchev–Trinajstić information content (AvgIpc) is 3.02. The molecule has 0 bridgehead atoms. The maximum Gasteiger partial charge on any atom is 0.162 e. The van der Waals surface area contributed by atoms with Gasteiger partial charge in [0.25, 0.3) is 0 Å². The summed E-state index contributed by atoms with van der Waals surface area (Å²) >= 11 is 6.73. The predicted molar refractivity (Wildman–Crippen MR) is 207 cm³/mol. The van der Waals surface area contributed by atoms with Crippen LogP contribution >= 0.6 is 11.6 Å². The molecule has 0 saturated heterocycles. The number of likely N-dealkylation sites (N-methyl/N-ethyl adjacent to an activating group) is 1. The van der Waals surface area contributed by atoms with Gasteiger partial charge in [-0.25, -0.2) is 0 Å². The molecule has 0 aliphatic carbocycles. The van der Waals surface area contributed by atoms with E-state index >= 15 is 0 Å². The number of nitrogens with zero attached hydrogens (tertiary/aromatic N) is 1. The Hall–Kier alpha value is -0.350. The number of quaternary nitrogens is 1. The van der Waals surface area contributed by atoms with Crippen LogP contribution in [0.3, 0.4) is 0 Å². The van der Waals surface area contributed by atoms with Gasteiger partial charge in [0.1, 0.15) is 12.6 Å². The molecular formula is C42H83ClNO2+. The molecule has 0 fully saturated rings. The summed E-state index contributed by atoms with van der Waals surface area (Å²) < 4.78 is 13.2. The number of unbranched alkanes of at least 4 members (excludes halogenated alkanes) is 24. The maximum absolute atomic E-state index is 6.73. The number of alkyl halides is 1. The summed E-state index contributed by atoms with van der Waals surface area (Å²) in [4.78, 5) is 0. The van der Waals surface area contributed by atoms with Crippen molar-refractivity contribution >= 4 is 11.6 Å². The molecule has 46 heavy (non-hydrogen) atoms. The molecule has 0 amide bonds. The second-order valence-electron chi connectivity index (χ2n) is 15.0. The van der Waals surface area contributed by atoms with E-state index in [1.165, 1.54) is 167 Å². The van der Waals surface area contributed by atoms with Crippen LogP contribution < -0.4 is 0 Å². The summed E-state index contributed by atoms with van der Waals surface area (Å²) in [6.07, 6.45) is 46.6. The SMILES string of the molecule is CCCCCCCC/C=C\CCCCCCCCOC(Cl)C(C[N+](C)(C)C)OCCCCCCCC/C=C\CCCCCCCC. The van der Waals surface area contributed by atoms with Crippen molar-refractivity contribution < 1.29 is 14.0 Å². The van der Waals surface area contributed by atoms with E-state index in [1.54, 1.807) is 0 Å². The zero-order valence-corrected chi connectivity index (χ0v) is 32.8. The van der Waals surface area contributed by atoms with Crippen molar-refractivity contribution in [2.75, 3.05) is 40.9 Å². The monoisotopic (exact) mass is 669 g/mol. The van der Waals surface area contributed by atoms with E-state index in [0.717, 1.165) is 37.1 Å². The summed E-state index contributed by atoms with van der Waals surface area (Å²) in [5, 5.41) is 0.